The highest BCUT2D eigenvalue weighted by molar-refractivity contribution is 7.91. The molecule has 9 heteroatoms. The van der Waals surface area contributed by atoms with Crippen molar-refractivity contribution in [1.82, 2.24) is 15.0 Å². The first-order chi connectivity index (χ1) is 21.3. The van der Waals surface area contributed by atoms with Gasteiger partial charge in [-0.05, 0) is 79.4 Å². The first-order valence-electron chi connectivity index (χ1n) is 14.9. The Kier molecular flexibility index (Phi) is 5.37. The molecule has 0 saturated carbocycles. The molecular formula is C31H27N3O4S2. The minimum Gasteiger partial charge on any atom is -0.261 e. The Bertz CT molecular complexity index is 1980. The lowest BCUT2D eigenvalue weighted by Crippen LogP contribution is -2.00. The molecule has 0 fully saturated rings. The molecule has 0 amide bonds. The van der Waals surface area contributed by atoms with Gasteiger partial charge in [-0.2, -0.15) is 0 Å². The minimum absolute atomic E-state index is 0.109. The number of nitrogens with zero attached hydrogens (tertiary/aromatic N) is 3. The zero-order valence-corrected chi connectivity index (χ0v) is 23.1. The predicted octanol–water partition coefficient (Wildman–Crippen LogP) is 5.96. The number of hydrogen-bond acceptors (Lipinski definition) is 7. The lowest BCUT2D eigenvalue weighted by molar-refractivity contribution is 0.600. The van der Waals surface area contributed by atoms with Crippen molar-refractivity contribution >= 4 is 19.7 Å². The van der Waals surface area contributed by atoms with E-state index >= 15 is 0 Å². The van der Waals surface area contributed by atoms with Gasteiger partial charge in [0.05, 0.1) is 21.2 Å². The number of benzene rings is 2. The van der Waals surface area contributed by atoms with E-state index in [1.807, 2.05) is 0 Å². The first-order valence-corrected chi connectivity index (χ1v) is 15.7. The van der Waals surface area contributed by atoms with Crippen LogP contribution in [0.15, 0.2) is 101 Å². The molecule has 5 rings (SSSR count). The molecule has 0 atom stereocenters. The van der Waals surface area contributed by atoms with Gasteiger partial charge in [-0.15, -0.1) is 0 Å². The molecule has 40 heavy (non-hydrogen) atoms. The number of rotatable bonds is 6. The molecule has 0 saturated heterocycles. The highest BCUT2D eigenvalue weighted by atomic mass is 32.2. The average Bonchev–Trinajstić information content (AvgIpc) is 2.99. The molecule has 0 N–H and O–H groups in total. The summed E-state index contributed by atoms with van der Waals surface area (Å²) in [4.78, 5) is 13.5. The third-order valence-electron chi connectivity index (χ3n) is 6.28. The quantitative estimate of drug-likeness (QED) is 0.246. The fourth-order valence-corrected chi connectivity index (χ4v) is 5.49. The van der Waals surface area contributed by atoms with E-state index < -0.39 is 33.4 Å². The van der Waals surface area contributed by atoms with E-state index in [-0.39, 0.29) is 21.2 Å². The molecule has 3 aromatic heterocycles. The van der Waals surface area contributed by atoms with Crippen LogP contribution in [0.5, 0.6) is 0 Å². The highest BCUT2D eigenvalue weighted by Crippen LogP contribution is 2.40. The van der Waals surface area contributed by atoms with Crippen molar-refractivity contribution in [2.45, 2.75) is 23.5 Å². The monoisotopic (exact) mass is 575 g/mol. The SMILES string of the molecule is [2H]C([2H])([2H])c1ccc(-c2nc(-c3ccc(C([2H])([2H])[2H])nc3)c(-c3ccc(S(C)(=O)=O)cc3)cc2-c2ccc(S(C)(=O)=O)cc2)cn1. The van der Waals surface area contributed by atoms with Crippen molar-refractivity contribution in [1.29, 1.82) is 0 Å². The van der Waals surface area contributed by atoms with Crippen molar-refractivity contribution in [3.05, 3.63) is 103 Å². The summed E-state index contributed by atoms with van der Waals surface area (Å²) in [5, 5.41) is 0. The largest absolute Gasteiger partial charge is 0.261 e. The number of pyridine rings is 3. The third kappa shape index (κ3) is 5.71. The smallest absolute Gasteiger partial charge is 0.175 e. The van der Waals surface area contributed by atoms with Crippen LogP contribution in [-0.2, 0) is 19.7 Å². The molecule has 0 aliphatic rings. The molecular weight excluding hydrogens is 542 g/mol. The molecule has 2 aromatic carbocycles. The Labute approximate surface area is 242 Å². The molecule has 0 aliphatic carbocycles. The summed E-state index contributed by atoms with van der Waals surface area (Å²) in [6, 6.07) is 20.1. The van der Waals surface area contributed by atoms with Gasteiger partial charge in [0.2, 0.25) is 0 Å². The van der Waals surface area contributed by atoms with Gasteiger partial charge in [0.15, 0.2) is 19.7 Å². The number of hydrogen-bond donors (Lipinski definition) is 0. The molecule has 0 radical (unpaired) electrons. The Morgan fingerprint density at radius 1 is 0.550 bits per heavy atom. The summed E-state index contributed by atoms with van der Waals surface area (Å²) in [6.07, 6.45) is 4.98. The Balaban J connectivity index is 1.81. The van der Waals surface area contributed by atoms with E-state index in [1.54, 1.807) is 42.5 Å². The van der Waals surface area contributed by atoms with Crippen molar-refractivity contribution in [3.8, 4) is 44.8 Å². The standard InChI is InChI=1S/C31H27N3O4S2/c1-20-5-7-24(18-32-20)30-28(22-9-13-26(14-10-22)39(3,35)36)17-29(23-11-15-27(16-12-23)40(4,37)38)31(34-30)25-8-6-21(2)33-19-25/h5-19H,1-4H3/i1D3,2D3. The second kappa shape index (κ2) is 10.4. The fraction of sp³-hybridized carbons (Fsp3) is 0.129. The van der Waals surface area contributed by atoms with Crippen molar-refractivity contribution in [2.75, 3.05) is 12.5 Å². The number of aryl methyl sites for hydroxylation is 2. The Hall–Kier alpha value is -4.21. The second-order valence-corrected chi connectivity index (χ2v) is 13.3. The van der Waals surface area contributed by atoms with Gasteiger partial charge in [-0.1, -0.05) is 24.3 Å². The molecule has 0 bridgehead atoms. The summed E-state index contributed by atoms with van der Waals surface area (Å²) in [6.45, 7) is -4.86. The van der Waals surface area contributed by atoms with Gasteiger partial charge >= 0.3 is 0 Å². The molecule has 0 spiro atoms. The first kappa shape index (κ1) is 20.7. The van der Waals surface area contributed by atoms with Crippen LogP contribution in [0.1, 0.15) is 19.6 Å². The van der Waals surface area contributed by atoms with E-state index in [1.165, 1.54) is 48.8 Å². The average molecular weight is 576 g/mol. The Morgan fingerprint density at radius 2 is 0.925 bits per heavy atom. The van der Waals surface area contributed by atoms with Gasteiger partial charge in [-0.25, -0.2) is 21.8 Å². The van der Waals surface area contributed by atoms with Crippen molar-refractivity contribution in [2.24, 2.45) is 0 Å². The molecule has 0 aliphatic heterocycles. The highest BCUT2D eigenvalue weighted by Gasteiger charge is 2.19. The second-order valence-electron chi connectivity index (χ2n) is 9.24. The van der Waals surface area contributed by atoms with E-state index in [2.05, 4.69) is 9.97 Å². The summed E-state index contributed by atoms with van der Waals surface area (Å²) in [5.74, 6) is 0. The van der Waals surface area contributed by atoms with E-state index in [9.17, 15) is 16.8 Å². The summed E-state index contributed by atoms with van der Waals surface area (Å²) >= 11 is 0. The van der Waals surface area contributed by atoms with Gasteiger partial charge < -0.3 is 0 Å². The van der Waals surface area contributed by atoms with Gasteiger partial charge in [-0.3, -0.25) is 9.97 Å². The molecule has 202 valence electrons. The van der Waals surface area contributed by atoms with Crippen LogP contribution >= 0.6 is 0 Å². The van der Waals surface area contributed by atoms with Crippen LogP contribution in [0.3, 0.4) is 0 Å². The summed E-state index contributed by atoms with van der Waals surface area (Å²) in [5.41, 5.74) is 3.72. The summed E-state index contributed by atoms with van der Waals surface area (Å²) < 4.78 is 94.8. The molecule has 7 nitrogen and oxygen atoms in total. The van der Waals surface area contributed by atoms with E-state index in [0.29, 0.717) is 44.8 Å². The van der Waals surface area contributed by atoms with Crippen molar-refractivity contribution in [3.63, 3.8) is 0 Å². The topological polar surface area (TPSA) is 107 Å². The maximum Gasteiger partial charge on any atom is 0.175 e. The molecule has 5 aromatic rings. The zero-order valence-electron chi connectivity index (χ0n) is 27.5. The number of aromatic nitrogens is 3. The number of sulfone groups is 2. The van der Waals surface area contributed by atoms with Crippen molar-refractivity contribution < 1.29 is 25.1 Å². The zero-order chi connectivity index (χ0) is 33.7. The normalized spacial score (nSPS) is 14.8. The maximum atomic E-state index is 12.2. The van der Waals surface area contributed by atoms with Crippen LogP contribution in [0, 0.1) is 13.7 Å². The molecule has 0 unspecified atom stereocenters. The maximum absolute atomic E-state index is 12.2. The summed E-state index contributed by atoms with van der Waals surface area (Å²) in [7, 11) is -6.96. The van der Waals surface area contributed by atoms with Gasteiger partial charge in [0.25, 0.3) is 0 Å². The van der Waals surface area contributed by atoms with E-state index in [4.69, 9.17) is 13.2 Å². The van der Waals surface area contributed by atoms with Crippen LogP contribution < -0.4 is 0 Å². The lowest BCUT2D eigenvalue weighted by Gasteiger charge is -2.17. The van der Waals surface area contributed by atoms with Gasteiger partial charge in [0.1, 0.15) is 0 Å². The van der Waals surface area contributed by atoms with Gasteiger partial charge in [0, 0.05) is 66.8 Å². The lowest BCUT2D eigenvalue weighted by atomic mass is 9.92. The molecule has 3 heterocycles. The minimum atomic E-state index is -3.48. The third-order valence-corrected chi connectivity index (χ3v) is 8.54. The fourth-order valence-electron chi connectivity index (χ4n) is 4.22. The van der Waals surface area contributed by atoms with Crippen LogP contribution in [0.2, 0.25) is 0 Å². The van der Waals surface area contributed by atoms with E-state index in [0.717, 1.165) is 12.5 Å². The van der Waals surface area contributed by atoms with Crippen LogP contribution in [-0.4, -0.2) is 44.3 Å². The van der Waals surface area contributed by atoms with Crippen LogP contribution in [0.25, 0.3) is 44.8 Å². The van der Waals surface area contributed by atoms with Crippen LogP contribution in [0.4, 0.5) is 0 Å². The Morgan fingerprint density at radius 3 is 1.23 bits per heavy atom. The predicted molar refractivity (Wildman–Crippen MR) is 157 cm³/mol.